The fraction of sp³-hybridized carbons (Fsp3) is 0.562. The fourth-order valence-electron chi connectivity index (χ4n) is 2.73. The SMILES string of the molecule is CC(=O)NCC1CCN(c2ccc(C(C)N)cc2F)CC1. The fourth-order valence-corrected chi connectivity index (χ4v) is 2.73. The second-order valence-corrected chi connectivity index (χ2v) is 5.87. The summed E-state index contributed by atoms with van der Waals surface area (Å²) in [5.41, 5.74) is 7.24. The summed E-state index contributed by atoms with van der Waals surface area (Å²) in [6.07, 6.45) is 1.93. The molecule has 0 aliphatic carbocycles. The van der Waals surface area contributed by atoms with Crippen LogP contribution in [0.15, 0.2) is 18.2 Å². The third-order valence-corrected chi connectivity index (χ3v) is 4.09. The lowest BCUT2D eigenvalue weighted by Crippen LogP contribution is -2.38. The van der Waals surface area contributed by atoms with Gasteiger partial charge in [0.25, 0.3) is 0 Å². The molecule has 0 saturated carbocycles. The highest BCUT2D eigenvalue weighted by Crippen LogP contribution is 2.27. The maximum absolute atomic E-state index is 14.2. The van der Waals surface area contributed by atoms with Gasteiger partial charge < -0.3 is 16.0 Å². The minimum absolute atomic E-state index is 0.00923. The summed E-state index contributed by atoms with van der Waals surface area (Å²) in [6.45, 7) is 5.74. The molecule has 0 bridgehead atoms. The maximum Gasteiger partial charge on any atom is 0.216 e. The Morgan fingerprint density at radius 3 is 2.67 bits per heavy atom. The van der Waals surface area contributed by atoms with E-state index in [-0.39, 0.29) is 17.8 Å². The van der Waals surface area contributed by atoms with Gasteiger partial charge in [-0.3, -0.25) is 4.79 Å². The smallest absolute Gasteiger partial charge is 0.216 e. The van der Waals surface area contributed by atoms with Crippen molar-refractivity contribution in [3.05, 3.63) is 29.6 Å². The number of carbonyl (C=O) groups excluding carboxylic acids is 1. The van der Waals surface area contributed by atoms with Crippen molar-refractivity contribution < 1.29 is 9.18 Å². The summed E-state index contributed by atoms with van der Waals surface area (Å²) >= 11 is 0. The second-order valence-electron chi connectivity index (χ2n) is 5.87. The predicted molar refractivity (Wildman–Crippen MR) is 82.6 cm³/mol. The first kappa shape index (κ1) is 15.8. The molecule has 1 aromatic rings. The number of rotatable bonds is 4. The Balaban J connectivity index is 1.94. The normalized spacial score (nSPS) is 17.6. The number of anilines is 1. The number of benzene rings is 1. The number of hydrogen-bond donors (Lipinski definition) is 2. The number of nitrogens with two attached hydrogens (primary N) is 1. The van der Waals surface area contributed by atoms with E-state index in [9.17, 15) is 9.18 Å². The third-order valence-electron chi connectivity index (χ3n) is 4.09. The lowest BCUT2D eigenvalue weighted by molar-refractivity contribution is -0.119. The molecule has 1 fully saturated rings. The van der Waals surface area contributed by atoms with Crippen molar-refractivity contribution in [2.45, 2.75) is 32.7 Å². The van der Waals surface area contributed by atoms with Crippen molar-refractivity contribution in [3.63, 3.8) is 0 Å². The van der Waals surface area contributed by atoms with Gasteiger partial charge in [-0.2, -0.15) is 0 Å². The lowest BCUT2D eigenvalue weighted by Gasteiger charge is -2.34. The van der Waals surface area contributed by atoms with Crippen LogP contribution >= 0.6 is 0 Å². The van der Waals surface area contributed by atoms with E-state index in [4.69, 9.17) is 5.73 Å². The Labute approximate surface area is 125 Å². The second kappa shape index (κ2) is 6.89. The Morgan fingerprint density at radius 2 is 2.14 bits per heavy atom. The van der Waals surface area contributed by atoms with Crippen LogP contribution in [0.4, 0.5) is 10.1 Å². The number of hydrogen-bond acceptors (Lipinski definition) is 3. The molecule has 0 radical (unpaired) electrons. The Kier molecular flexibility index (Phi) is 5.17. The molecule has 4 nitrogen and oxygen atoms in total. The number of nitrogens with one attached hydrogen (secondary N) is 1. The Bertz CT molecular complexity index is 496. The van der Waals surface area contributed by atoms with E-state index in [1.807, 2.05) is 19.1 Å². The van der Waals surface area contributed by atoms with Gasteiger partial charge in [-0.1, -0.05) is 6.07 Å². The summed E-state index contributed by atoms with van der Waals surface area (Å²) in [7, 11) is 0. The van der Waals surface area contributed by atoms with E-state index in [0.29, 0.717) is 11.6 Å². The molecule has 116 valence electrons. The van der Waals surface area contributed by atoms with Gasteiger partial charge >= 0.3 is 0 Å². The molecule has 1 saturated heterocycles. The molecular formula is C16H24FN3O. The minimum Gasteiger partial charge on any atom is -0.369 e. The van der Waals surface area contributed by atoms with Crippen molar-refractivity contribution >= 4 is 11.6 Å². The number of halogens is 1. The van der Waals surface area contributed by atoms with E-state index in [1.165, 1.54) is 13.0 Å². The highest BCUT2D eigenvalue weighted by atomic mass is 19.1. The molecule has 0 spiro atoms. The lowest BCUT2D eigenvalue weighted by atomic mass is 9.96. The molecule has 1 aliphatic rings. The molecule has 1 unspecified atom stereocenters. The third kappa shape index (κ3) is 4.17. The highest BCUT2D eigenvalue weighted by molar-refractivity contribution is 5.72. The van der Waals surface area contributed by atoms with Gasteiger partial charge in [-0.15, -0.1) is 0 Å². The van der Waals surface area contributed by atoms with Crippen molar-refractivity contribution in [1.82, 2.24) is 5.32 Å². The van der Waals surface area contributed by atoms with Crippen LogP contribution in [-0.4, -0.2) is 25.5 Å². The van der Waals surface area contributed by atoms with Gasteiger partial charge in [-0.25, -0.2) is 4.39 Å². The molecule has 1 amide bonds. The molecule has 21 heavy (non-hydrogen) atoms. The molecule has 1 atom stereocenters. The molecular weight excluding hydrogens is 269 g/mol. The van der Waals surface area contributed by atoms with Crippen LogP contribution in [0.1, 0.15) is 38.3 Å². The Hall–Kier alpha value is -1.62. The highest BCUT2D eigenvalue weighted by Gasteiger charge is 2.21. The monoisotopic (exact) mass is 293 g/mol. The average molecular weight is 293 g/mol. The first-order valence-electron chi connectivity index (χ1n) is 7.51. The van der Waals surface area contributed by atoms with Gasteiger partial charge in [0, 0.05) is 32.6 Å². The standard InChI is InChI=1S/C16H24FN3O/c1-11(18)14-3-4-16(15(17)9-14)20-7-5-13(6-8-20)10-19-12(2)21/h3-4,9,11,13H,5-8,10,18H2,1-2H3,(H,19,21). The first-order chi connectivity index (χ1) is 9.97. The van der Waals surface area contributed by atoms with E-state index >= 15 is 0 Å². The van der Waals surface area contributed by atoms with Gasteiger partial charge in [-0.05, 0) is 43.4 Å². The molecule has 1 aliphatic heterocycles. The topological polar surface area (TPSA) is 58.4 Å². The zero-order valence-corrected chi connectivity index (χ0v) is 12.7. The van der Waals surface area contributed by atoms with Crippen molar-refractivity contribution in [2.24, 2.45) is 11.7 Å². The zero-order chi connectivity index (χ0) is 15.4. The van der Waals surface area contributed by atoms with Crippen molar-refractivity contribution in [3.8, 4) is 0 Å². The number of carbonyl (C=O) groups is 1. The van der Waals surface area contributed by atoms with E-state index in [2.05, 4.69) is 10.2 Å². The largest absolute Gasteiger partial charge is 0.369 e. The van der Waals surface area contributed by atoms with Crippen LogP contribution in [0.3, 0.4) is 0 Å². The van der Waals surface area contributed by atoms with E-state index in [1.54, 1.807) is 0 Å². The maximum atomic E-state index is 14.2. The molecule has 5 heteroatoms. The number of amides is 1. The molecule has 3 N–H and O–H groups in total. The zero-order valence-electron chi connectivity index (χ0n) is 12.7. The van der Waals surface area contributed by atoms with Crippen LogP contribution in [-0.2, 0) is 4.79 Å². The minimum atomic E-state index is -0.204. The van der Waals surface area contributed by atoms with Gasteiger partial charge in [0.2, 0.25) is 5.91 Å². The molecule has 1 aromatic carbocycles. The summed E-state index contributed by atoms with van der Waals surface area (Å²) in [5, 5.41) is 2.86. The van der Waals surface area contributed by atoms with Crippen LogP contribution in [0, 0.1) is 11.7 Å². The van der Waals surface area contributed by atoms with Crippen LogP contribution in [0.5, 0.6) is 0 Å². The van der Waals surface area contributed by atoms with Gasteiger partial charge in [0.05, 0.1) is 5.69 Å². The molecule has 0 aromatic heterocycles. The van der Waals surface area contributed by atoms with Crippen molar-refractivity contribution in [2.75, 3.05) is 24.5 Å². The van der Waals surface area contributed by atoms with Gasteiger partial charge in [0.15, 0.2) is 0 Å². The van der Waals surface area contributed by atoms with Crippen molar-refractivity contribution in [1.29, 1.82) is 0 Å². The van der Waals surface area contributed by atoms with Gasteiger partial charge in [0.1, 0.15) is 5.82 Å². The summed E-state index contributed by atoms with van der Waals surface area (Å²) < 4.78 is 14.2. The van der Waals surface area contributed by atoms with Crippen LogP contribution in [0.2, 0.25) is 0 Å². The Morgan fingerprint density at radius 1 is 1.48 bits per heavy atom. The summed E-state index contributed by atoms with van der Waals surface area (Å²) in [5.74, 6) is 0.289. The van der Waals surface area contributed by atoms with Crippen LogP contribution < -0.4 is 16.0 Å². The number of nitrogens with zero attached hydrogens (tertiary/aromatic N) is 1. The quantitative estimate of drug-likeness (QED) is 0.894. The van der Waals surface area contributed by atoms with E-state index < -0.39 is 0 Å². The average Bonchev–Trinajstić information content (AvgIpc) is 2.45. The summed E-state index contributed by atoms with van der Waals surface area (Å²) in [4.78, 5) is 13.0. The first-order valence-corrected chi connectivity index (χ1v) is 7.51. The van der Waals surface area contributed by atoms with E-state index in [0.717, 1.165) is 38.0 Å². The molecule has 1 heterocycles. The molecule has 2 rings (SSSR count). The predicted octanol–water partition coefficient (Wildman–Crippen LogP) is 2.20. The number of piperidine rings is 1. The summed E-state index contributed by atoms with van der Waals surface area (Å²) in [6, 6.07) is 5.09. The van der Waals surface area contributed by atoms with Crippen LogP contribution in [0.25, 0.3) is 0 Å².